The van der Waals surface area contributed by atoms with Crippen LogP contribution in [0.5, 0.6) is 11.5 Å². The van der Waals surface area contributed by atoms with Crippen LogP contribution in [0.15, 0.2) is 47.4 Å². The summed E-state index contributed by atoms with van der Waals surface area (Å²) >= 11 is 6.12. The standard InChI is InChI=1S/C22H20N2O6S2/c1-13-3-6-15(7-4-13)23-19(25)12-30-16-8-5-14(9-17(16)29-2)10-18-21(28)24(11-20(26)27)22(31)32-18/h3-10H,11-12H2,1-2H3,(H,23,25)(H,26,27). The van der Waals surface area contributed by atoms with Crippen molar-refractivity contribution in [1.29, 1.82) is 0 Å². The van der Waals surface area contributed by atoms with Gasteiger partial charge in [-0.25, -0.2) is 0 Å². The Morgan fingerprint density at radius 1 is 1.19 bits per heavy atom. The molecule has 1 fully saturated rings. The third kappa shape index (κ3) is 5.86. The second-order valence-electron chi connectivity index (χ2n) is 6.77. The molecular weight excluding hydrogens is 452 g/mol. The number of methoxy groups -OCH3 is 1. The molecule has 8 nitrogen and oxygen atoms in total. The molecule has 0 radical (unpaired) electrons. The summed E-state index contributed by atoms with van der Waals surface area (Å²) in [6, 6.07) is 12.4. The average Bonchev–Trinajstić information content (AvgIpc) is 3.01. The third-order valence-electron chi connectivity index (χ3n) is 4.35. The number of benzene rings is 2. The van der Waals surface area contributed by atoms with E-state index in [1.807, 2.05) is 31.2 Å². The van der Waals surface area contributed by atoms with Gasteiger partial charge in [0.1, 0.15) is 10.9 Å². The molecule has 166 valence electrons. The van der Waals surface area contributed by atoms with Gasteiger partial charge in [0.25, 0.3) is 11.8 Å². The summed E-state index contributed by atoms with van der Waals surface area (Å²) in [7, 11) is 1.46. The van der Waals surface area contributed by atoms with Crippen LogP contribution < -0.4 is 14.8 Å². The molecule has 1 heterocycles. The highest BCUT2D eigenvalue weighted by molar-refractivity contribution is 8.26. The highest BCUT2D eigenvalue weighted by atomic mass is 32.2. The van der Waals surface area contributed by atoms with Gasteiger partial charge in [0.15, 0.2) is 18.1 Å². The molecule has 32 heavy (non-hydrogen) atoms. The second-order valence-corrected chi connectivity index (χ2v) is 8.45. The van der Waals surface area contributed by atoms with Crippen molar-refractivity contribution < 1.29 is 29.0 Å². The van der Waals surface area contributed by atoms with Gasteiger partial charge in [0.2, 0.25) is 0 Å². The first kappa shape index (κ1) is 23.3. The normalized spacial score (nSPS) is 14.6. The molecule has 1 aliphatic heterocycles. The van der Waals surface area contributed by atoms with Gasteiger partial charge < -0.3 is 19.9 Å². The molecule has 10 heteroatoms. The molecule has 2 aromatic carbocycles. The number of thioether (sulfide) groups is 1. The molecular formula is C22H20N2O6S2. The van der Waals surface area contributed by atoms with E-state index >= 15 is 0 Å². The lowest BCUT2D eigenvalue weighted by Gasteiger charge is -2.12. The van der Waals surface area contributed by atoms with Gasteiger partial charge in [0.05, 0.1) is 12.0 Å². The number of nitrogens with zero attached hydrogens (tertiary/aromatic N) is 1. The van der Waals surface area contributed by atoms with E-state index in [2.05, 4.69) is 5.32 Å². The molecule has 2 amide bonds. The fraction of sp³-hybridized carbons (Fsp3) is 0.182. The molecule has 1 saturated heterocycles. The highest BCUT2D eigenvalue weighted by Crippen LogP contribution is 2.34. The molecule has 2 aromatic rings. The largest absolute Gasteiger partial charge is 0.493 e. The number of carboxylic acids is 1. The Kier molecular flexibility index (Phi) is 7.49. The summed E-state index contributed by atoms with van der Waals surface area (Å²) in [5, 5.41) is 11.7. The number of carbonyl (C=O) groups is 3. The summed E-state index contributed by atoms with van der Waals surface area (Å²) in [6.45, 7) is 1.27. The van der Waals surface area contributed by atoms with Crippen LogP contribution in [0.2, 0.25) is 0 Å². The first-order chi connectivity index (χ1) is 15.3. The predicted molar refractivity (Wildman–Crippen MR) is 126 cm³/mol. The number of aliphatic carboxylic acids is 1. The van der Waals surface area contributed by atoms with Crippen LogP contribution >= 0.6 is 24.0 Å². The number of rotatable bonds is 8. The van der Waals surface area contributed by atoms with Crippen LogP contribution in [-0.2, 0) is 14.4 Å². The molecule has 0 saturated carbocycles. The SMILES string of the molecule is COc1cc(C=C2SC(=S)N(CC(=O)O)C2=O)ccc1OCC(=O)Nc1ccc(C)cc1. The van der Waals surface area contributed by atoms with Crippen LogP contribution in [0, 0.1) is 6.92 Å². The maximum absolute atomic E-state index is 12.4. The van der Waals surface area contributed by atoms with E-state index in [0.29, 0.717) is 27.7 Å². The number of carboxylic acid groups (broad SMARTS) is 1. The zero-order chi connectivity index (χ0) is 23.3. The predicted octanol–water partition coefficient (Wildman–Crippen LogP) is 3.31. The van der Waals surface area contributed by atoms with E-state index in [4.69, 9.17) is 26.8 Å². The molecule has 0 atom stereocenters. The van der Waals surface area contributed by atoms with Gasteiger partial charge in [-0.05, 0) is 42.8 Å². The quantitative estimate of drug-likeness (QED) is 0.445. The van der Waals surface area contributed by atoms with Crippen LogP contribution in [0.1, 0.15) is 11.1 Å². The summed E-state index contributed by atoms with van der Waals surface area (Å²) in [4.78, 5) is 36.8. The van der Waals surface area contributed by atoms with E-state index in [1.165, 1.54) is 7.11 Å². The molecule has 0 bridgehead atoms. The minimum atomic E-state index is -1.14. The fourth-order valence-electron chi connectivity index (χ4n) is 2.79. The number of amides is 2. The van der Waals surface area contributed by atoms with Crippen molar-refractivity contribution >= 4 is 57.8 Å². The zero-order valence-corrected chi connectivity index (χ0v) is 18.9. The second kappa shape index (κ2) is 10.3. The molecule has 0 spiro atoms. The molecule has 0 aromatic heterocycles. The Bertz CT molecular complexity index is 1100. The molecule has 0 unspecified atom stereocenters. The van der Waals surface area contributed by atoms with Gasteiger partial charge in [-0.3, -0.25) is 19.3 Å². The van der Waals surface area contributed by atoms with E-state index in [0.717, 1.165) is 22.2 Å². The summed E-state index contributed by atoms with van der Waals surface area (Å²) < 4.78 is 11.1. The number of anilines is 1. The van der Waals surface area contributed by atoms with Crippen molar-refractivity contribution in [3.05, 3.63) is 58.5 Å². The van der Waals surface area contributed by atoms with E-state index in [9.17, 15) is 14.4 Å². The summed E-state index contributed by atoms with van der Waals surface area (Å²) in [5.41, 5.74) is 2.40. The van der Waals surface area contributed by atoms with Gasteiger partial charge in [-0.15, -0.1) is 0 Å². The number of nitrogens with one attached hydrogen (secondary N) is 1. The van der Waals surface area contributed by atoms with Gasteiger partial charge >= 0.3 is 5.97 Å². The summed E-state index contributed by atoms with van der Waals surface area (Å²) in [5.74, 6) is -1.18. The maximum Gasteiger partial charge on any atom is 0.323 e. The number of ether oxygens (including phenoxy) is 2. The Labute approximate surface area is 194 Å². The zero-order valence-electron chi connectivity index (χ0n) is 17.3. The fourth-order valence-corrected chi connectivity index (χ4v) is 4.05. The van der Waals surface area contributed by atoms with E-state index < -0.39 is 18.4 Å². The monoisotopic (exact) mass is 472 g/mol. The maximum atomic E-state index is 12.4. The Morgan fingerprint density at radius 2 is 1.91 bits per heavy atom. The lowest BCUT2D eigenvalue weighted by molar-refractivity contribution is -0.140. The Morgan fingerprint density at radius 3 is 2.56 bits per heavy atom. The van der Waals surface area contributed by atoms with Gasteiger partial charge in [-0.1, -0.05) is 47.7 Å². The van der Waals surface area contributed by atoms with Crippen molar-refractivity contribution in [2.75, 3.05) is 25.6 Å². The van der Waals surface area contributed by atoms with E-state index in [-0.39, 0.29) is 16.8 Å². The van der Waals surface area contributed by atoms with Crippen molar-refractivity contribution in [3.8, 4) is 11.5 Å². The molecule has 0 aliphatic carbocycles. The van der Waals surface area contributed by atoms with Crippen LogP contribution in [0.3, 0.4) is 0 Å². The Hall–Kier alpha value is -3.37. The van der Waals surface area contributed by atoms with Crippen molar-refractivity contribution in [1.82, 2.24) is 4.90 Å². The number of aryl methyl sites for hydroxylation is 1. The van der Waals surface area contributed by atoms with Gasteiger partial charge in [0, 0.05) is 5.69 Å². The third-order valence-corrected chi connectivity index (χ3v) is 5.72. The number of hydrogen-bond donors (Lipinski definition) is 2. The van der Waals surface area contributed by atoms with Crippen LogP contribution in [0.4, 0.5) is 5.69 Å². The first-order valence-corrected chi connectivity index (χ1v) is 10.6. The van der Waals surface area contributed by atoms with Crippen molar-refractivity contribution in [3.63, 3.8) is 0 Å². The van der Waals surface area contributed by atoms with Crippen LogP contribution in [-0.4, -0.2) is 52.4 Å². The summed E-state index contributed by atoms with van der Waals surface area (Å²) in [6.07, 6.45) is 1.59. The minimum absolute atomic E-state index is 0.190. The average molecular weight is 473 g/mol. The van der Waals surface area contributed by atoms with Gasteiger partial charge in [-0.2, -0.15) is 0 Å². The van der Waals surface area contributed by atoms with Crippen molar-refractivity contribution in [2.45, 2.75) is 6.92 Å². The number of hydrogen-bond acceptors (Lipinski definition) is 7. The smallest absolute Gasteiger partial charge is 0.323 e. The molecule has 1 aliphatic rings. The molecule has 2 N–H and O–H groups in total. The lowest BCUT2D eigenvalue weighted by atomic mass is 10.2. The lowest BCUT2D eigenvalue weighted by Crippen LogP contribution is -2.33. The number of carbonyl (C=O) groups excluding carboxylic acids is 2. The number of thiocarbonyl (C=S) groups is 1. The minimum Gasteiger partial charge on any atom is -0.493 e. The van der Waals surface area contributed by atoms with Crippen LogP contribution in [0.25, 0.3) is 6.08 Å². The van der Waals surface area contributed by atoms with E-state index in [1.54, 1.807) is 24.3 Å². The molecule has 3 rings (SSSR count). The topological polar surface area (TPSA) is 105 Å². The van der Waals surface area contributed by atoms with Crippen molar-refractivity contribution in [2.24, 2.45) is 0 Å². The Balaban J connectivity index is 1.67. The highest BCUT2D eigenvalue weighted by Gasteiger charge is 2.33. The first-order valence-electron chi connectivity index (χ1n) is 9.41.